The minimum absolute atomic E-state index is 0.0903. The molecular weight excluding hydrogens is 531 g/mol. The Morgan fingerprint density at radius 3 is 2.43 bits per heavy atom. The van der Waals surface area contributed by atoms with Gasteiger partial charge in [-0.2, -0.15) is 0 Å². The molecule has 0 unspecified atom stereocenters. The van der Waals surface area contributed by atoms with E-state index in [-0.39, 0.29) is 17.6 Å². The molecule has 1 saturated heterocycles. The zero-order chi connectivity index (χ0) is 29.3. The highest BCUT2D eigenvalue weighted by Crippen LogP contribution is 2.18. The molecule has 2 aromatic heterocycles. The van der Waals surface area contributed by atoms with Crippen LogP contribution in [0.15, 0.2) is 95.6 Å². The van der Waals surface area contributed by atoms with Crippen LogP contribution in [-0.4, -0.2) is 70.3 Å². The van der Waals surface area contributed by atoms with E-state index in [1.54, 1.807) is 11.0 Å². The normalized spacial score (nSPS) is 14.0. The van der Waals surface area contributed by atoms with Gasteiger partial charge in [-0.05, 0) is 60.5 Å². The third-order valence-corrected chi connectivity index (χ3v) is 7.48. The van der Waals surface area contributed by atoms with Crippen molar-refractivity contribution in [3.8, 4) is 0 Å². The summed E-state index contributed by atoms with van der Waals surface area (Å²) in [4.78, 5) is 32.3. The maximum atomic E-state index is 13.4. The Kier molecular flexibility index (Phi) is 9.66. The summed E-state index contributed by atoms with van der Waals surface area (Å²) in [6.07, 6.45) is 7.04. The fourth-order valence-electron chi connectivity index (χ4n) is 5.18. The molecule has 2 amide bonds. The number of carbonyl (C=O) groups is 2. The first-order valence-electron chi connectivity index (χ1n) is 14.5. The molecule has 0 N–H and O–H groups in total. The van der Waals surface area contributed by atoms with Gasteiger partial charge in [0, 0.05) is 56.7 Å². The molecule has 0 saturated carbocycles. The van der Waals surface area contributed by atoms with Gasteiger partial charge in [-0.1, -0.05) is 49.4 Å². The van der Waals surface area contributed by atoms with E-state index < -0.39 is 0 Å². The lowest BCUT2D eigenvalue weighted by Crippen LogP contribution is -2.48. The van der Waals surface area contributed by atoms with Crippen molar-refractivity contribution in [3.05, 3.63) is 125 Å². The maximum absolute atomic E-state index is 13.4. The molecule has 0 radical (unpaired) electrons. The minimum atomic E-state index is -0.368. The first kappa shape index (κ1) is 29.1. The van der Waals surface area contributed by atoms with Crippen molar-refractivity contribution in [1.82, 2.24) is 19.3 Å². The molecular formula is C34H37FN4O3. The summed E-state index contributed by atoms with van der Waals surface area (Å²) >= 11 is 0. The topological polar surface area (TPSA) is 61.9 Å². The van der Waals surface area contributed by atoms with E-state index in [2.05, 4.69) is 29.2 Å². The first-order valence-corrected chi connectivity index (χ1v) is 14.5. The van der Waals surface area contributed by atoms with Crippen LogP contribution in [0.4, 0.5) is 4.39 Å². The molecule has 1 fully saturated rings. The van der Waals surface area contributed by atoms with Gasteiger partial charge in [-0.3, -0.25) is 14.5 Å². The van der Waals surface area contributed by atoms with E-state index in [4.69, 9.17) is 4.42 Å². The van der Waals surface area contributed by atoms with Crippen LogP contribution >= 0.6 is 0 Å². The van der Waals surface area contributed by atoms with E-state index in [1.165, 1.54) is 29.8 Å². The number of rotatable bonds is 11. The van der Waals surface area contributed by atoms with Gasteiger partial charge in [-0.25, -0.2) is 4.39 Å². The van der Waals surface area contributed by atoms with Crippen molar-refractivity contribution >= 4 is 17.9 Å². The smallest absolute Gasteiger partial charge is 0.289 e. The summed E-state index contributed by atoms with van der Waals surface area (Å²) in [7, 11) is 0. The zero-order valence-electron chi connectivity index (χ0n) is 24.0. The quantitative estimate of drug-likeness (QED) is 0.230. The van der Waals surface area contributed by atoms with Crippen molar-refractivity contribution in [1.29, 1.82) is 0 Å². The monoisotopic (exact) mass is 568 g/mol. The number of nitrogens with zero attached hydrogens (tertiary/aromatic N) is 4. The average molecular weight is 569 g/mol. The number of hydrogen-bond acceptors (Lipinski definition) is 4. The SMILES string of the molecule is CCCN(Cc1cccn1Cc1ccc(C(=O)N2CCN(CC=Cc3ccccc3)CC2)o1)C(=O)c1ccc(F)cc1. The van der Waals surface area contributed by atoms with Crippen molar-refractivity contribution in [3.63, 3.8) is 0 Å². The van der Waals surface area contributed by atoms with Crippen molar-refractivity contribution in [2.75, 3.05) is 39.3 Å². The van der Waals surface area contributed by atoms with Gasteiger partial charge in [0.05, 0.1) is 13.1 Å². The van der Waals surface area contributed by atoms with Crippen LogP contribution in [0.25, 0.3) is 6.08 Å². The molecule has 0 spiro atoms. The molecule has 218 valence electrons. The van der Waals surface area contributed by atoms with Crippen LogP contribution in [0.5, 0.6) is 0 Å². The molecule has 8 heteroatoms. The summed E-state index contributed by atoms with van der Waals surface area (Å²) in [6.45, 7) is 7.26. The lowest BCUT2D eigenvalue weighted by Gasteiger charge is -2.33. The molecule has 0 atom stereocenters. The van der Waals surface area contributed by atoms with Gasteiger partial charge in [0.25, 0.3) is 11.8 Å². The lowest BCUT2D eigenvalue weighted by molar-refractivity contribution is 0.0616. The van der Waals surface area contributed by atoms with Crippen LogP contribution < -0.4 is 0 Å². The van der Waals surface area contributed by atoms with E-state index >= 15 is 0 Å². The summed E-state index contributed by atoms with van der Waals surface area (Å²) in [5, 5.41) is 0. The van der Waals surface area contributed by atoms with E-state index in [0.717, 1.165) is 31.7 Å². The Bertz CT molecular complexity index is 1480. The number of carbonyl (C=O) groups excluding carboxylic acids is 2. The number of furan rings is 1. The molecule has 1 aliphatic rings. The van der Waals surface area contributed by atoms with Gasteiger partial charge < -0.3 is 18.8 Å². The van der Waals surface area contributed by atoms with Crippen LogP contribution in [-0.2, 0) is 13.1 Å². The second-order valence-electron chi connectivity index (χ2n) is 10.5. The number of piperazine rings is 1. The highest BCUT2D eigenvalue weighted by Gasteiger charge is 2.24. The van der Waals surface area contributed by atoms with Crippen molar-refractivity contribution in [2.45, 2.75) is 26.4 Å². The summed E-state index contributed by atoms with van der Waals surface area (Å²) in [5.74, 6) is 0.422. The predicted molar refractivity (Wildman–Crippen MR) is 161 cm³/mol. The number of amides is 2. The molecule has 1 aliphatic heterocycles. The summed E-state index contributed by atoms with van der Waals surface area (Å²) in [5.41, 5.74) is 2.59. The Labute approximate surface area is 246 Å². The second kappa shape index (κ2) is 14.0. The standard InChI is InChI=1S/C34H37FN4O3/c1-2-18-39(33(40)28-12-14-29(35)15-13-28)25-30-11-7-20-38(30)26-31-16-17-32(42-31)34(41)37-23-21-36(22-24-37)19-6-10-27-8-4-3-5-9-27/h3-17,20H,2,18-19,21-26H2,1H3. The number of halogens is 1. The molecule has 42 heavy (non-hydrogen) atoms. The summed E-state index contributed by atoms with van der Waals surface area (Å²) in [6, 6.07) is 23.4. The molecule has 4 aromatic rings. The van der Waals surface area contributed by atoms with E-state index in [1.807, 2.05) is 59.0 Å². The Morgan fingerprint density at radius 2 is 1.69 bits per heavy atom. The molecule has 3 heterocycles. The number of aromatic nitrogens is 1. The molecule has 2 aromatic carbocycles. The molecule has 7 nitrogen and oxygen atoms in total. The first-order chi connectivity index (χ1) is 20.5. The van der Waals surface area contributed by atoms with Crippen LogP contribution in [0.1, 0.15) is 51.3 Å². The number of hydrogen-bond donors (Lipinski definition) is 0. The third kappa shape index (κ3) is 7.44. The molecule has 0 bridgehead atoms. The second-order valence-corrected chi connectivity index (χ2v) is 10.5. The predicted octanol–water partition coefficient (Wildman–Crippen LogP) is 5.79. The van der Waals surface area contributed by atoms with Crippen molar-refractivity contribution < 1.29 is 18.4 Å². The largest absolute Gasteiger partial charge is 0.454 e. The Hall–Kier alpha value is -4.43. The van der Waals surface area contributed by atoms with Crippen molar-refractivity contribution in [2.24, 2.45) is 0 Å². The van der Waals surface area contributed by atoms with E-state index in [0.29, 0.717) is 49.8 Å². The summed E-state index contributed by atoms with van der Waals surface area (Å²) < 4.78 is 21.4. The lowest BCUT2D eigenvalue weighted by atomic mass is 10.2. The highest BCUT2D eigenvalue weighted by atomic mass is 19.1. The van der Waals surface area contributed by atoms with E-state index in [9.17, 15) is 14.0 Å². The average Bonchev–Trinajstić information content (AvgIpc) is 3.67. The van der Waals surface area contributed by atoms with Crippen LogP contribution in [0.3, 0.4) is 0 Å². The Morgan fingerprint density at radius 1 is 0.929 bits per heavy atom. The van der Waals surface area contributed by atoms with Gasteiger partial charge in [0.2, 0.25) is 0 Å². The van der Waals surface area contributed by atoms with Gasteiger partial charge in [0.15, 0.2) is 5.76 Å². The fraction of sp³-hybridized carbons (Fsp3) is 0.294. The van der Waals surface area contributed by atoms with Gasteiger partial charge >= 0.3 is 0 Å². The van der Waals surface area contributed by atoms with Gasteiger partial charge in [-0.15, -0.1) is 0 Å². The van der Waals surface area contributed by atoms with Crippen LogP contribution in [0, 0.1) is 5.82 Å². The minimum Gasteiger partial charge on any atom is -0.454 e. The molecule has 5 rings (SSSR count). The number of benzene rings is 2. The fourth-order valence-corrected chi connectivity index (χ4v) is 5.18. The van der Waals surface area contributed by atoms with Crippen LogP contribution in [0.2, 0.25) is 0 Å². The molecule has 0 aliphatic carbocycles. The Balaban J connectivity index is 1.15. The highest BCUT2D eigenvalue weighted by molar-refractivity contribution is 5.94. The third-order valence-electron chi connectivity index (χ3n) is 7.48. The zero-order valence-corrected chi connectivity index (χ0v) is 24.0. The maximum Gasteiger partial charge on any atom is 0.289 e. The van der Waals surface area contributed by atoms with Gasteiger partial charge in [0.1, 0.15) is 11.6 Å².